The van der Waals surface area contributed by atoms with E-state index in [-0.39, 0.29) is 0 Å². The Morgan fingerprint density at radius 2 is 2.38 bits per heavy atom. The fourth-order valence-electron chi connectivity index (χ4n) is 1.36. The van der Waals surface area contributed by atoms with Crippen molar-refractivity contribution in [2.45, 2.75) is 19.8 Å². The summed E-state index contributed by atoms with van der Waals surface area (Å²) in [6.45, 7) is 4.93. The molecule has 1 heteroatoms. The van der Waals surface area contributed by atoms with E-state index in [9.17, 15) is 0 Å². The molecule has 1 rings (SSSR count). The normalized spacial score (nSPS) is 31.5. The number of hydrogen-bond acceptors (Lipinski definition) is 1. The summed E-state index contributed by atoms with van der Waals surface area (Å²) < 4.78 is 0. The third kappa shape index (κ3) is 1.22. The minimum atomic E-state index is 1.000. The molecule has 8 heavy (non-hydrogen) atoms. The smallest absolute Gasteiger partial charge is 0.000698 e. The molecule has 1 saturated heterocycles. The molecule has 0 saturated carbocycles. The van der Waals surface area contributed by atoms with E-state index < -0.39 is 0 Å². The predicted octanol–water partition coefficient (Wildman–Crippen LogP) is 1.35. The van der Waals surface area contributed by atoms with Gasteiger partial charge in [0.05, 0.1) is 0 Å². The Morgan fingerprint density at radius 3 is 2.62 bits per heavy atom. The van der Waals surface area contributed by atoms with Crippen LogP contribution in [0.3, 0.4) is 0 Å². The maximum absolute atomic E-state index is 2.41. The third-order valence-electron chi connectivity index (χ3n) is 2.07. The summed E-state index contributed by atoms with van der Waals surface area (Å²) in [4.78, 5) is 2.41. The predicted molar refractivity (Wildman–Crippen MR) is 35.9 cm³/mol. The molecule has 0 aromatic carbocycles. The summed E-state index contributed by atoms with van der Waals surface area (Å²) in [5, 5.41) is 0. The Morgan fingerprint density at radius 1 is 1.62 bits per heavy atom. The lowest BCUT2D eigenvalue weighted by Gasteiger charge is -2.05. The zero-order valence-electron chi connectivity index (χ0n) is 5.85. The number of hydrogen-bond donors (Lipinski definition) is 0. The second-order valence-electron chi connectivity index (χ2n) is 2.83. The van der Waals surface area contributed by atoms with Crippen LogP contribution < -0.4 is 0 Å². The Kier molecular flexibility index (Phi) is 1.90. The van der Waals surface area contributed by atoms with Gasteiger partial charge in [-0.1, -0.05) is 13.3 Å². The van der Waals surface area contributed by atoms with Gasteiger partial charge in [0, 0.05) is 6.54 Å². The lowest BCUT2D eigenvalue weighted by Crippen LogP contribution is -2.13. The summed E-state index contributed by atoms with van der Waals surface area (Å²) in [7, 11) is 2.20. The summed E-state index contributed by atoms with van der Waals surface area (Å²) in [5.41, 5.74) is 0. The molecule has 0 radical (unpaired) electrons. The van der Waals surface area contributed by atoms with E-state index in [1.54, 1.807) is 0 Å². The summed E-state index contributed by atoms with van der Waals surface area (Å²) in [6, 6.07) is 0. The average Bonchev–Trinajstić information content (AvgIpc) is 2.14. The van der Waals surface area contributed by atoms with Gasteiger partial charge in [0.15, 0.2) is 0 Å². The van der Waals surface area contributed by atoms with Crippen molar-refractivity contribution in [2.24, 2.45) is 5.92 Å². The number of likely N-dealkylation sites (tertiary alicyclic amines) is 1. The molecule has 1 unspecified atom stereocenters. The van der Waals surface area contributed by atoms with Gasteiger partial charge in [-0.2, -0.15) is 0 Å². The van der Waals surface area contributed by atoms with Crippen molar-refractivity contribution in [1.82, 2.24) is 4.90 Å². The highest BCUT2D eigenvalue weighted by Gasteiger charge is 2.16. The third-order valence-corrected chi connectivity index (χ3v) is 2.07. The van der Waals surface area contributed by atoms with E-state index in [0.29, 0.717) is 0 Å². The van der Waals surface area contributed by atoms with E-state index >= 15 is 0 Å². The molecule has 0 bridgehead atoms. The highest BCUT2D eigenvalue weighted by Crippen LogP contribution is 2.16. The molecular weight excluding hydrogens is 98.1 g/mol. The van der Waals surface area contributed by atoms with Crippen molar-refractivity contribution < 1.29 is 0 Å². The molecule has 1 aliphatic heterocycles. The minimum Gasteiger partial charge on any atom is -0.306 e. The van der Waals surface area contributed by atoms with Gasteiger partial charge in [0.2, 0.25) is 0 Å². The van der Waals surface area contributed by atoms with Crippen LogP contribution >= 0.6 is 0 Å². The molecule has 1 atom stereocenters. The Hall–Kier alpha value is -0.0400. The van der Waals surface area contributed by atoms with Crippen molar-refractivity contribution in [1.29, 1.82) is 0 Å². The highest BCUT2D eigenvalue weighted by molar-refractivity contribution is 4.70. The van der Waals surface area contributed by atoms with Gasteiger partial charge >= 0.3 is 0 Å². The van der Waals surface area contributed by atoms with Crippen molar-refractivity contribution in [3.8, 4) is 0 Å². The topological polar surface area (TPSA) is 3.24 Å². The van der Waals surface area contributed by atoms with Crippen LogP contribution in [0.2, 0.25) is 0 Å². The second-order valence-corrected chi connectivity index (χ2v) is 2.83. The van der Waals surface area contributed by atoms with Crippen molar-refractivity contribution in [3.05, 3.63) is 0 Å². The Balaban J connectivity index is 2.22. The standard InChI is InChI=1S/C7H15N/c1-3-7-4-5-8(2)6-7/h7H,3-6H2,1-2H3. The molecule has 1 fully saturated rings. The van der Waals surface area contributed by atoms with Crippen LogP contribution in [0.1, 0.15) is 19.8 Å². The summed E-state index contributed by atoms with van der Waals surface area (Å²) in [5.74, 6) is 1.000. The van der Waals surface area contributed by atoms with Gasteiger partial charge in [0.1, 0.15) is 0 Å². The van der Waals surface area contributed by atoms with Gasteiger partial charge in [-0.3, -0.25) is 0 Å². The van der Waals surface area contributed by atoms with E-state index in [0.717, 1.165) is 5.92 Å². The lowest BCUT2D eigenvalue weighted by molar-refractivity contribution is 0.392. The number of nitrogens with zero attached hydrogens (tertiary/aromatic N) is 1. The van der Waals surface area contributed by atoms with Crippen molar-refractivity contribution >= 4 is 0 Å². The van der Waals surface area contributed by atoms with Gasteiger partial charge in [-0.05, 0) is 25.9 Å². The van der Waals surface area contributed by atoms with E-state index in [2.05, 4.69) is 18.9 Å². The SMILES string of the molecule is CCC1CCN(C)C1. The number of rotatable bonds is 1. The molecule has 0 aliphatic carbocycles. The van der Waals surface area contributed by atoms with Crippen LogP contribution in [-0.2, 0) is 0 Å². The van der Waals surface area contributed by atoms with Gasteiger partial charge in [-0.25, -0.2) is 0 Å². The maximum Gasteiger partial charge on any atom is 0.000698 e. The van der Waals surface area contributed by atoms with E-state index in [4.69, 9.17) is 0 Å². The fraction of sp³-hybridized carbons (Fsp3) is 1.00. The van der Waals surface area contributed by atoms with Crippen LogP contribution in [-0.4, -0.2) is 25.0 Å². The first-order valence-electron chi connectivity index (χ1n) is 3.51. The molecular formula is C7H15N. The Bertz CT molecular complexity index is 70.8. The fourth-order valence-corrected chi connectivity index (χ4v) is 1.36. The van der Waals surface area contributed by atoms with Gasteiger partial charge in [-0.15, -0.1) is 0 Å². The largest absolute Gasteiger partial charge is 0.306 e. The van der Waals surface area contributed by atoms with Crippen LogP contribution in [0.15, 0.2) is 0 Å². The molecule has 0 amide bonds. The van der Waals surface area contributed by atoms with E-state index in [1.165, 1.54) is 25.9 Å². The lowest BCUT2D eigenvalue weighted by atomic mass is 10.1. The molecule has 1 nitrogen and oxygen atoms in total. The summed E-state index contributed by atoms with van der Waals surface area (Å²) in [6.07, 6.45) is 2.79. The molecule has 0 spiro atoms. The van der Waals surface area contributed by atoms with Gasteiger partial charge < -0.3 is 4.90 Å². The zero-order valence-corrected chi connectivity index (χ0v) is 5.85. The maximum atomic E-state index is 2.41. The first-order valence-corrected chi connectivity index (χ1v) is 3.51. The molecule has 0 aromatic rings. The van der Waals surface area contributed by atoms with Crippen LogP contribution in [0.5, 0.6) is 0 Å². The average molecular weight is 113 g/mol. The minimum absolute atomic E-state index is 1.000. The van der Waals surface area contributed by atoms with Crippen molar-refractivity contribution in [3.63, 3.8) is 0 Å². The second kappa shape index (κ2) is 2.49. The molecule has 1 aliphatic rings. The molecule has 48 valence electrons. The first kappa shape index (κ1) is 6.09. The molecule has 0 N–H and O–H groups in total. The highest BCUT2D eigenvalue weighted by atomic mass is 15.1. The molecule has 1 heterocycles. The zero-order chi connectivity index (χ0) is 5.98. The monoisotopic (exact) mass is 113 g/mol. The van der Waals surface area contributed by atoms with Crippen molar-refractivity contribution in [2.75, 3.05) is 20.1 Å². The van der Waals surface area contributed by atoms with Gasteiger partial charge in [0.25, 0.3) is 0 Å². The van der Waals surface area contributed by atoms with Crippen LogP contribution in [0.25, 0.3) is 0 Å². The van der Waals surface area contributed by atoms with E-state index in [1.807, 2.05) is 0 Å². The van der Waals surface area contributed by atoms with Crippen LogP contribution in [0.4, 0.5) is 0 Å². The molecule has 0 aromatic heterocycles. The quantitative estimate of drug-likeness (QED) is 0.496. The van der Waals surface area contributed by atoms with Crippen LogP contribution in [0, 0.1) is 5.92 Å². The summed E-state index contributed by atoms with van der Waals surface area (Å²) >= 11 is 0. The first-order chi connectivity index (χ1) is 3.83. The Labute approximate surface area is 51.7 Å².